The van der Waals surface area contributed by atoms with Gasteiger partial charge in [-0.3, -0.25) is 0 Å². The molecule has 4 nitrogen and oxygen atoms in total. The van der Waals surface area contributed by atoms with Gasteiger partial charge in [0.2, 0.25) is 0 Å². The highest BCUT2D eigenvalue weighted by atomic mass is 127. The van der Waals surface area contributed by atoms with Gasteiger partial charge in [0.25, 0.3) is 0 Å². The Balaban J connectivity index is 2.56. The SMILES string of the molecule is CNc1ncc(I)cc1-c1ccncn1. The molecule has 0 aliphatic heterocycles. The standard InChI is InChI=1S/C10H9IN4/c1-12-10-8(4-7(11)5-14-10)9-2-3-13-6-15-9/h2-6H,1H3,(H,12,14). The van der Waals surface area contributed by atoms with Crippen LogP contribution in [0.5, 0.6) is 0 Å². The molecule has 2 aromatic rings. The molecular formula is C10H9IN4. The van der Waals surface area contributed by atoms with E-state index < -0.39 is 0 Å². The van der Waals surface area contributed by atoms with E-state index in [1.807, 2.05) is 25.4 Å². The van der Waals surface area contributed by atoms with Crippen LogP contribution in [0.25, 0.3) is 11.3 Å². The smallest absolute Gasteiger partial charge is 0.135 e. The molecule has 0 saturated heterocycles. The van der Waals surface area contributed by atoms with Crippen molar-refractivity contribution in [1.29, 1.82) is 0 Å². The minimum atomic E-state index is 0.828. The minimum Gasteiger partial charge on any atom is -0.373 e. The van der Waals surface area contributed by atoms with E-state index in [1.54, 1.807) is 6.20 Å². The molecule has 0 aromatic carbocycles. The highest BCUT2D eigenvalue weighted by molar-refractivity contribution is 14.1. The van der Waals surface area contributed by atoms with Crippen molar-refractivity contribution < 1.29 is 0 Å². The predicted molar refractivity (Wildman–Crippen MR) is 67.5 cm³/mol. The molecule has 0 bridgehead atoms. The van der Waals surface area contributed by atoms with Crippen LogP contribution < -0.4 is 5.32 Å². The fourth-order valence-electron chi connectivity index (χ4n) is 1.28. The van der Waals surface area contributed by atoms with Gasteiger partial charge in [-0.15, -0.1) is 0 Å². The average Bonchev–Trinajstić information content (AvgIpc) is 2.30. The molecule has 0 saturated carbocycles. The van der Waals surface area contributed by atoms with Gasteiger partial charge in [-0.1, -0.05) is 0 Å². The van der Waals surface area contributed by atoms with E-state index in [-0.39, 0.29) is 0 Å². The van der Waals surface area contributed by atoms with E-state index in [1.165, 1.54) is 6.33 Å². The third-order valence-corrected chi connectivity index (χ3v) is 2.54. The first-order chi connectivity index (χ1) is 7.31. The molecule has 1 N–H and O–H groups in total. The number of anilines is 1. The van der Waals surface area contributed by atoms with Crippen molar-refractivity contribution in [3.8, 4) is 11.3 Å². The molecular weight excluding hydrogens is 303 g/mol. The van der Waals surface area contributed by atoms with Crippen LogP contribution in [-0.2, 0) is 0 Å². The third-order valence-electron chi connectivity index (χ3n) is 1.95. The van der Waals surface area contributed by atoms with E-state index in [2.05, 4.69) is 42.9 Å². The van der Waals surface area contributed by atoms with Crippen LogP contribution in [0.4, 0.5) is 5.82 Å². The summed E-state index contributed by atoms with van der Waals surface area (Å²) < 4.78 is 1.08. The number of aromatic nitrogens is 3. The first-order valence-electron chi connectivity index (χ1n) is 4.41. The Hall–Kier alpha value is -1.24. The summed E-state index contributed by atoms with van der Waals surface area (Å²) in [5.74, 6) is 0.828. The van der Waals surface area contributed by atoms with Gasteiger partial charge in [0.1, 0.15) is 12.1 Å². The van der Waals surface area contributed by atoms with Gasteiger partial charge < -0.3 is 5.32 Å². The number of nitrogens with zero attached hydrogens (tertiary/aromatic N) is 3. The van der Waals surface area contributed by atoms with Gasteiger partial charge in [-0.2, -0.15) is 0 Å². The van der Waals surface area contributed by atoms with Crippen molar-refractivity contribution in [3.63, 3.8) is 0 Å². The molecule has 2 rings (SSSR count). The molecule has 5 heteroatoms. The Morgan fingerprint density at radius 2 is 2.20 bits per heavy atom. The number of pyridine rings is 1. The summed E-state index contributed by atoms with van der Waals surface area (Å²) in [4.78, 5) is 12.4. The maximum Gasteiger partial charge on any atom is 0.135 e. The van der Waals surface area contributed by atoms with Crippen LogP contribution in [0.15, 0.2) is 30.9 Å². The molecule has 0 atom stereocenters. The van der Waals surface area contributed by atoms with E-state index in [0.717, 1.165) is 20.6 Å². The lowest BCUT2D eigenvalue weighted by atomic mass is 10.2. The van der Waals surface area contributed by atoms with Gasteiger partial charge in [0.05, 0.1) is 5.69 Å². The van der Waals surface area contributed by atoms with Crippen molar-refractivity contribution in [3.05, 3.63) is 34.4 Å². The number of nitrogens with one attached hydrogen (secondary N) is 1. The fourth-order valence-corrected chi connectivity index (χ4v) is 1.73. The number of hydrogen-bond acceptors (Lipinski definition) is 4. The molecule has 0 aliphatic carbocycles. The molecule has 15 heavy (non-hydrogen) atoms. The fraction of sp³-hybridized carbons (Fsp3) is 0.100. The van der Waals surface area contributed by atoms with Crippen molar-refractivity contribution in [2.45, 2.75) is 0 Å². The largest absolute Gasteiger partial charge is 0.373 e. The Bertz CT molecular complexity index is 458. The van der Waals surface area contributed by atoms with Crippen LogP contribution in [0.2, 0.25) is 0 Å². The highest BCUT2D eigenvalue weighted by Crippen LogP contribution is 2.25. The van der Waals surface area contributed by atoms with Crippen molar-refractivity contribution in [2.75, 3.05) is 12.4 Å². The van der Waals surface area contributed by atoms with E-state index in [0.29, 0.717) is 0 Å². The zero-order chi connectivity index (χ0) is 10.7. The maximum atomic E-state index is 4.29. The summed E-state index contributed by atoms with van der Waals surface area (Å²) in [5, 5.41) is 3.05. The molecule has 76 valence electrons. The maximum absolute atomic E-state index is 4.29. The molecule has 2 heterocycles. The zero-order valence-corrected chi connectivity index (χ0v) is 10.3. The number of rotatable bonds is 2. The number of hydrogen-bond donors (Lipinski definition) is 1. The van der Waals surface area contributed by atoms with Crippen LogP contribution in [0.3, 0.4) is 0 Å². The summed E-state index contributed by atoms with van der Waals surface area (Å²) in [6.07, 6.45) is 5.08. The predicted octanol–water partition coefficient (Wildman–Crippen LogP) is 2.18. The van der Waals surface area contributed by atoms with E-state index in [9.17, 15) is 0 Å². The highest BCUT2D eigenvalue weighted by Gasteiger charge is 2.06. The zero-order valence-electron chi connectivity index (χ0n) is 8.11. The van der Waals surface area contributed by atoms with Gasteiger partial charge in [-0.25, -0.2) is 15.0 Å². The second kappa shape index (κ2) is 4.52. The Kier molecular flexibility index (Phi) is 3.10. The van der Waals surface area contributed by atoms with E-state index in [4.69, 9.17) is 0 Å². The normalized spacial score (nSPS) is 10.0. The van der Waals surface area contributed by atoms with E-state index >= 15 is 0 Å². The van der Waals surface area contributed by atoms with Gasteiger partial charge in [-0.05, 0) is 34.7 Å². The molecule has 2 aromatic heterocycles. The van der Waals surface area contributed by atoms with Crippen LogP contribution >= 0.6 is 22.6 Å². The Morgan fingerprint density at radius 1 is 1.33 bits per heavy atom. The summed E-state index contributed by atoms with van der Waals surface area (Å²) in [6.45, 7) is 0. The van der Waals surface area contributed by atoms with Gasteiger partial charge >= 0.3 is 0 Å². The first kappa shape index (κ1) is 10.3. The Morgan fingerprint density at radius 3 is 2.87 bits per heavy atom. The van der Waals surface area contributed by atoms with Crippen LogP contribution in [0, 0.1) is 3.57 Å². The molecule has 0 radical (unpaired) electrons. The van der Waals surface area contributed by atoms with Crippen molar-refractivity contribution >= 4 is 28.4 Å². The summed E-state index contributed by atoms with van der Waals surface area (Å²) >= 11 is 2.23. The minimum absolute atomic E-state index is 0.828. The summed E-state index contributed by atoms with van der Waals surface area (Å²) in [7, 11) is 1.85. The quantitative estimate of drug-likeness (QED) is 0.864. The molecule has 0 amide bonds. The molecule has 0 spiro atoms. The lowest BCUT2D eigenvalue weighted by molar-refractivity contribution is 1.16. The summed E-state index contributed by atoms with van der Waals surface area (Å²) in [5.41, 5.74) is 1.87. The molecule has 0 aliphatic rings. The lowest BCUT2D eigenvalue weighted by Crippen LogP contribution is -1.97. The second-order valence-electron chi connectivity index (χ2n) is 2.89. The lowest BCUT2D eigenvalue weighted by Gasteiger charge is -2.07. The van der Waals surface area contributed by atoms with Crippen LogP contribution in [-0.4, -0.2) is 22.0 Å². The first-order valence-corrected chi connectivity index (χ1v) is 5.49. The topological polar surface area (TPSA) is 50.7 Å². The monoisotopic (exact) mass is 312 g/mol. The average molecular weight is 312 g/mol. The van der Waals surface area contributed by atoms with Gasteiger partial charge in [0, 0.05) is 28.6 Å². The summed E-state index contributed by atoms with van der Waals surface area (Å²) in [6, 6.07) is 3.91. The molecule has 0 unspecified atom stereocenters. The second-order valence-corrected chi connectivity index (χ2v) is 4.14. The van der Waals surface area contributed by atoms with Crippen molar-refractivity contribution in [2.24, 2.45) is 0 Å². The van der Waals surface area contributed by atoms with Crippen LogP contribution in [0.1, 0.15) is 0 Å². The number of halogens is 1. The molecule has 0 fully saturated rings. The van der Waals surface area contributed by atoms with Crippen molar-refractivity contribution in [1.82, 2.24) is 15.0 Å². The Labute approximate surface area is 101 Å². The van der Waals surface area contributed by atoms with Gasteiger partial charge in [0.15, 0.2) is 0 Å². The third kappa shape index (κ3) is 2.23.